The molecule has 0 heteroatoms. The van der Waals surface area contributed by atoms with Crippen LogP contribution in [0.1, 0.15) is 47.0 Å². The van der Waals surface area contributed by atoms with E-state index in [-0.39, 0.29) is 0 Å². The van der Waals surface area contributed by atoms with Crippen LogP contribution < -0.4 is 0 Å². The molecule has 0 unspecified atom stereocenters. The molecule has 0 saturated heterocycles. The Bertz CT molecular complexity index is 348. The van der Waals surface area contributed by atoms with Crippen LogP contribution in [0.15, 0.2) is 47.6 Å². The molecular formula is C16H24. The summed E-state index contributed by atoms with van der Waals surface area (Å²) >= 11 is 0. The third-order valence-corrected chi connectivity index (χ3v) is 3.44. The third kappa shape index (κ3) is 3.23. The summed E-state index contributed by atoms with van der Waals surface area (Å²) in [7, 11) is 0. The summed E-state index contributed by atoms with van der Waals surface area (Å²) in [5.41, 5.74) is 4.68. The lowest BCUT2D eigenvalue weighted by Crippen LogP contribution is -2.19. The number of hydrogen-bond donors (Lipinski definition) is 0. The fourth-order valence-corrected chi connectivity index (χ4v) is 2.47. The van der Waals surface area contributed by atoms with Crippen molar-refractivity contribution in [2.75, 3.05) is 0 Å². The molecule has 0 saturated carbocycles. The van der Waals surface area contributed by atoms with Crippen molar-refractivity contribution in [3.63, 3.8) is 0 Å². The Morgan fingerprint density at radius 3 is 2.62 bits per heavy atom. The van der Waals surface area contributed by atoms with Gasteiger partial charge < -0.3 is 0 Å². The average molecular weight is 216 g/mol. The van der Waals surface area contributed by atoms with Gasteiger partial charge >= 0.3 is 0 Å². The number of rotatable bonds is 3. The lowest BCUT2D eigenvalue weighted by molar-refractivity contribution is 0.377. The molecule has 1 rings (SSSR count). The van der Waals surface area contributed by atoms with Crippen molar-refractivity contribution in [2.24, 2.45) is 5.41 Å². The van der Waals surface area contributed by atoms with Crippen molar-refractivity contribution < 1.29 is 0 Å². The van der Waals surface area contributed by atoms with E-state index in [0.717, 1.165) is 0 Å². The second-order valence-electron chi connectivity index (χ2n) is 5.41. The predicted octanol–water partition coefficient (Wildman–Crippen LogP) is 5.20. The summed E-state index contributed by atoms with van der Waals surface area (Å²) < 4.78 is 0. The van der Waals surface area contributed by atoms with Crippen molar-refractivity contribution in [2.45, 2.75) is 47.0 Å². The van der Waals surface area contributed by atoms with Gasteiger partial charge in [0.25, 0.3) is 0 Å². The van der Waals surface area contributed by atoms with E-state index in [9.17, 15) is 0 Å². The van der Waals surface area contributed by atoms with Crippen LogP contribution in [-0.2, 0) is 0 Å². The van der Waals surface area contributed by atoms with Crippen LogP contribution >= 0.6 is 0 Å². The van der Waals surface area contributed by atoms with E-state index in [1.54, 1.807) is 5.57 Å². The molecule has 0 N–H and O–H groups in total. The zero-order valence-electron chi connectivity index (χ0n) is 11.1. The first-order chi connectivity index (χ1) is 7.47. The Morgan fingerprint density at radius 2 is 2.06 bits per heavy atom. The fourth-order valence-electron chi connectivity index (χ4n) is 2.47. The van der Waals surface area contributed by atoms with Crippen LogP contribution in [0.5, 0.6) is 0 Å². The molecule has 16 heavy (non-hydrogen) atoms. The van der Waals surface area contributed by atoms with Gasteiger partial charge in [0.15, 0.2) is 0 Å². The number of hydrogen-bond acceptors (Lipinski definition) is 0. The molecule has 0 fully saturated rings. The number of allylic oxidation sites excluding steroid dienone is 7. The molecule has 0 radical (unpaired) electrons. The van der Waals surface area contributed by atoms with Gasteiger partial charge in [-0.2, -0.15) is 0 Å². The topological polar surface area (TPSA) is 0 Å². The summed E-state index contributed by atoms with van der Waals surface area (Å²) in [6.07, 6.45) is 12.3. The van der Waals surface area contributed by atoms with E-state index in [2.05, 4.69) is 46.4 Å². The van der Waals surface area contributed by atoms with E-state index in [1.807, 2.05) is 12.2 Å². The smallest absolute Gasteiger partial charge is 0.0104 e. The minimum absolute atomic E-state index is 0.341. The highest BCUT2D eigenvalue weighted by atomic mass is 14.3. The molecule has 0 bridgehead atoms. The molecule has 0 amide bonds. The van der Waals surface area contributed by atoms with Crippen LogP contribution in [0.4, 0.5) is 0 Å². The maximum Gasteiger partial charge on any atom is -0.0104 e. The largest absolute Gasteiger partial charge is 0.0991 e. The molecule has 0 aromatic rings. The molecule has 0 heterocycles. The molecule has 0 aromatic carbocycles. The van der Waals surface area contributed by atoms with Gasteiger partial charge in [0, 0.05) is 0 Å². The average Bonchev–Trinajstić information content (AvgIpc) is 2.16. The summed E-state index contributed by atoms with van der Waals surface area (Å²) in [6, 6.07) is 0. The minimum atomic E-state index is 0.341. The Morgan fingerprint density at radius 1 is 1.38 bits per heavy atom. The SMILES string of the molecule is C=CC=C(C)C=CC1=C(C)CCCC1(C)C. The van der Waals surface area contributed by atoms with Gasteiger partial charge in [-0.15, -0.1) is 0 Å². The van der Waals surface area contributed by atoms with E-state index in [4.69, 9.17) is 0 Å². The van der Waals surface area contributed by atoms with E-state index in [0.29, 0.717) is 5.41 Å². The van der Waals surface area contributed by atoms with Crippen molar-refractivity contribution in [3.05, 3.63) is 47.6 Å². The first-order valence-corrected chi connectivity index (χ1v) is 6.15. The molecule has 1 aliphatic rings. The first-order valence-electron chi connectivity index (χ1n) is 6.15. The molecule has 0 atom stereocenters. The van der Waals surface area contributed by atoms with Gasteiger partial charge in [0.05, 0.1) is 0 Å². The lowest BCUT2D eigenvalue weighted by atomic mass is 9.72. The predicted molar refractivity (Wildman–Crippen MR) is 73.4 cm³/mol. The van der Waals surface area contributed by atoms with Crippen LogP contribution in [-0.4, -0.2) is 0 Å². The van der Waals surface area contributed by atoms with E-state index in [1.165, 1.54) is 30.4 Å². The standard InChI is InChI=1S/C16H24/c1-6-8-13(2)10-11-15-14(3)9-7-12-16(15,4)5/h6,8,10-11H,1,7,9,12H2,2-5H3. The second kappa shape index (κ2) is 5.34. The van der Waals surface area contributed by atoms with Crippen LogP contribution in [0.2, 0.25) is 0 Å². The second-order valence-corrected chi connectivity index (χ2v) is 5.41. The normalized spacial score (nSPS) is 21.6. The van der Waals surface area contributed by atoms with Crippen LogP contribution in [0, 0.1) is 5.41 Å². The Kier molecular flexibility index (Phi) is 4.35. The van der Waals surface area contributed by atoms with Crippen molar-refractivity contribution in [3.8, 4) is 0 Å². The molecule has 0 aliphatic heterocycles. The molecule has 1 aliphatic carbocycles. The van der Waals surface area contributed by atoms with Gasteiger partial charge in [-0.3, -0.25) is 0 Å². The van der Waals surface area contributed by atoms with Crippen LogP contribution in [0.3, 0.4) is 0 Å². The maximum atomic E-state index is 3.72. The van der Waals surface area contributed by atoms with Gasteiger partial charge in [0.1, 0.15) is 0 Å². The molecule has 0 spiro atoms. The molecule has 88 valence electrons. The molecule has 0 aromatic heterocycles. The summed E-state index contributed by atoms with van der Waals surface area (Å²) in [6.45, 7) is 12.8. The summed E-state index contributed by atoms with van der Waals surface area (Å²) in [5.74, 6) is 0. The third-order valence-electron chi connectivity index (χ3n) is 3.44. The van der Waals surface area contributed by atoms with Crippen molar-refractivity contribution >= 4 is 0 Å². The Hall–Kier alpha value is -1.04. The van der Waals surface area contributed by atoms with Gasteiger partial charge in [-0.05, 0) is 44.1 Å². The van der Waals surface area contributed by atoms with Gasteiger partial charge in [-0.1, -0.05) is 55.9 Å². The highest BCUT2D eigenvalue weighted by molar-refractivity contribution is 5.36. The van der Waals surface area contributed by atoms with Gasteiger partial charge in [-0.25, -0.2) is 0 Å². The maximum absolute atomic E-state index is 3.72. The van der Waals surface area contributed by atoms with Gasteiger partial charge in [0.2, 0.25) is 0 Å². The molecule has 0 nitrogen and oxygen atoms in total. The fraction of sp³-hybridized carbons (Fsp3) is 0.500. The zero-order chi connectivity index (χ0) is 12.2. The lowest BCUT2D eigenvalue weighted by Gasteiger charge is -2.32. The summed E-state index contributed by atoms with van der Waals surface area (Å²) in [4.78, 5) is 0. The first kappa shape index (κ1) is 13.0. The van der Waals surface area contributed by atoms with E-state index >= 15 is 0 Å². The zero-order valence-corrected chi connectivity index (χ0v) is 11.1. The highest BCUT2D eigenvalue weighted by Gasteiger charge is 2.26. The Labute approximate surface area is 100 Å². The van der Waals surface area contributed by atoms with Crippen molar-refractivity contribution in [1.29, 1.82) is 0 Å². The quantitative estimate of drug-likeness (QED) is 0.569. The minimum Gasteiger partial charge on any atom is -0.0991 e. The Balaban J connectivity index is 2.93. The highest BCUT2D eigenvalue weighted by Crippen LogP contribution is 2.40. The van der Waals surface area contributed by atoms with E-state index < -0.39 is 0 Å². The van der Waals surface area contributed by atoms with Crippen LogP contribution in [0.25, 0.3) is 0 Å². The monoisotopic (exact) mass is 216 g/mol. The van der Waals surface area contributed by atoms with Crippen molar-refractivity contribution in [1.82, 2.24) is 0 Å². The molecular weight excluding hydrogens is 192 g/mol. The summed E-state index contributed by atoms with van der Waals surface area (Å²) in [5, 5.41) is 0.